The van der Waals surface area contributed by atoms with E-state index in [2.05, 4.69) is 10.6 Å². The van der Waals surface area contributed by atoms with E-state index >= 15 is 0 Å². The number of carbonyl (C=O) groups excluding carboxylic acids is 2. The molecule has 0 radical (unpaired) electrons. The first-order chi connectivity index (χ1) is 12.7. The van der Waals surface area contributed by atoms with E-state index < -0.39 is 0 Å². The van der Waals surface area contributed by atoms with Crippen molar-refractivity contribution in [3.05, 3.63) is 51.2 Å². The maximum atomic E-state index is 12.7. The summed E-state index contributed by atoms with van der Waals surface area (Å²) in [7, 11) is 0. The third-order valence-corrected chi connectivity index (χ3v) is 5.81. The molecule has 5 nitrogen and oxygen atoms in total. The molecule has 146 valence electrons. The zero-order valence-corrected chi connectivity index (χ0v) is 16.9. The molecule has 0 fully saturated rings. The lowest BCUT2D eigenvalue weighted by molar-refractivity contribution is 0.0955. The minimum Gasteiger partial charge on any atom is -0.351 e. The zero-order chi connectivity index (χ0) is 18.4. The van der Waals surface area contributed by atoms with Gasteiger partial charge in [-0.2, -0.15) is 0 Å². The Labute approximate surface area is 170 Å². The van der Waals surface area contributed by atoms with Crippen molar-refractivity contribution < 1.29 is 9.59 Å². The number of fused-ring (bicyclic) bond motifs is 1. The Bertz CT molecular complexity index is 766. The van der Waals surface area contributed by atoms with E-state index in [-0.39, 0.29) is 24.2 Å². The maximum absolute atomic E-state index is 12.7. The summed E-state index contributed by atoms with van der Waals surface area (Å²) in [6, 6.07) is 9.07. The molecule has 0 bridgehead atoms. The quantitative estimate of drug-likeness (QED) is 0.705. The highest BCUT2D eigenvalue weighted by Gasteiger charge is 2.18. The van der Waals surface area contributed by atoms with Crippen molar-refractivity contribution in [1.82, 2.24) is 5.32 Å². The second-order valence-corrected chi connectivity index (χ2v) is 7.65. The minimum atomic E-state index is -0.232. The number of amides is 2. The van der Waals surface area contributed by atoms with E-state index in [1.807, 2.05) is 12.1 Å². The fourth-order valence-electron chi connectivity index (χ4n) is 3.21. The lowest BCUT2D eigenvalue weighted by Crippen LogP contribution is -2.29. The number of aryl methyl sites for hydroxylation is 2. The van der Waals surface area contributed by atoms with Gasteiger partial charge in [-0.05, 0) is 49.4 Å². The third kappa shape index (κ3) is 5.54. The van der Waals surface area contributed by atoms with Gasteiger partial charge in [0.05, 0.1) is 16.1 Å². The molecule has 1 aliphatic rings. The second kappa shape index (κ2) is 10.4. The molecule has 0 spiro atoms. The average Bonchev–Trinajstić information content (AvgIpc) is 3.02. The molecule has 27 heavy (non-hydrogen) atoms. The average molecular weight is 408 g/mol. The van der Waals surface area contributed by atoms with Crippen molar-refractivity contribution in [2.75, 3.05) is 18.4 Å². The normalized spacial score (nSPS) is 13.5. The van der Waals surface area contributed by atoms with Crippen LogP contribution >= 0.6 is 23.7 Å². The topological polar surface area (TPSA) is 84.2 Å². The van der Waals surface area contributed by atoms with Crippen LogP contribution in [0.3, 0.4) is 0 Å². The minimum absolute atomic E-state index is 0. The number of halogens is 1. The molecule has 0 saturated carbocycles. The molecule has 2 amide bonds. The van der Waals surface area contributed by atoms with Crippen molar-refractivity contribution in [2.45, 2.75) is 38.5 Å². The lowest BCUT2D eigenvalue weighted by atomic mass is 10.00. The van der Waals surface area contributed by atoms with Gasteiger partial charge in [-0.1, -0.05) is 25.0 Å². The number of hydrogen-bond donors (Lipinski definition) is 3. The van der Waals surface area contributed by atoms with Gasteiger partial charge in [-0.15, -0.1) is 23.7 Å². The van der Waals surface area contributed by atoms with Crippen molar-refractivity contribution in [3.8, 4) is 0 Å². The molecular weight excluding hydrogens is 382 g/mol. The summed E-state index contributed by atoms with van der Waals surface area (Å²) in [5.41, 5.74) is 7.72. The van der Waals surface area contributed by atoms with Crippen LogP contribution in [0.15, 0.2) is 30.3 Å². The number of para-hydroxylation sites is 1. The Kier molecular flexibility index (Phi) is 8.28. The van der Waals surface area contributed by atoms with Crippen LogP contribution in [0.5, 0.6) is 0 Å². The number of hydrogen-bond acceptors (Lipinski definition) is 4. The first kappa shape index (κ1) is 21.4. The standard InChI is InChI=1S/C20H25N3O2S.ClH/c21-11-12-22-19(24)15-8-5-6-9-16(15)23-20(25)18-13-14-7-3-1-2-4-10-17(14)26-18;/h5-6,8-9,13H,1-4,7,10-12,21H2,(H,22,24)(H,23,25);1H. The monoisotopic (exact) mass is 407 g/mol. The largest absolute Gasteiger partial charge is 0.351 e. The molecule has 7 heteroatoms. The number of rotatable bonds is 5. The Morgan fingerprint density at radius 2 is 1.78 bits per heavy atom. The van der Waals surface area contributed by atoms with Crippen LogP contribution in [-0.4, -0.2) is 24.9 Å². The summed E-state index contributed by atoms with van der Waals surface area (Å²) in [6.07, 6.45) is 7.03. The first-order valence-corrected chi connectivity index (χ1v) is 10.0. The molecule has 0 aliphatic heterocycles. The predicted octanol–water partition coefficient (Wildman–Crippen LogP) is 3.77. The van der Waals surface area contributed by atoms with E-state index in [4.69, 9.17) is 5.73 Å². The van der Waals surface area contributed by atoms with Gasteiger partial charge in [-0.3, -0.25) is 9.59 Å². The summed E-state index contributed by atoms with van der Waals surface area (Å²) in [4.78, 5) is 27.1. The van der Waals surface area contributed by atoms with E-state index in [9.17, 15) is 9.59 Å². The SMILES string of the molecule is Cl.NCCNC(=O)c1ccccc1NC(=O)c1cc2c(s1)CCCCCC2. The van der Waals surface area contributed by atoms with Gasteiger partial charge in [0.2, 0.25) is 0 Å². The molecule has 0 unspecified atom stereocenters. The maximum Gasteiger partial charge on any atom is 0.265 e. The van der Waals surface area contributed by atoms with Gasteiger partial charge in [0.1, 0.15) is 0 Å². The van der Waals surface area contributed by atoms with Gasteiger partial charge in [0.15, 0.2) is 0 Å². The van der Waals surface area contributed by atoms with Crippen LogP contribution in [0.4, 0.5) is 5.69 Å². The Morgan fingerprint density at radius 3 is 2.56 bits per heavy atom. The molecule has 3 rings (SSSR count). The fraction of sp³-hybridized carbons (Fsp3) is 0.400. The van der Waals surface area contributed by atoms with Gasteiger partial charge >= 0.3 is 0 Å². The predicted molar refractivity (Wildman–Crippen MR) is 113 cm³/mol. The van der Waals surface area contributed by atoms with E-state index in [1.54, 1.807) is 29.5 Å². The second-order valence-electron chi connectivity index (χ2n) is 6.52. The van der Waals surface area contributed by atoms with Crippen LogP contribution in [0, 0.1) is 0 Å². The fourth-order valence-corrected chi connectivity index (χ4v) is 4.36. The van der Waals surface area contributed by atoms with Crippen molar-refractivity contribution in [2.24, 2.45) is 5.73 Å². The molecule has 2 aromatic rings. The Morgan fingerprint density at radius 1 is 1.04 bits per heavy atom. The van der Waals surface area contributed by atoms with Crippen LogP contribution < -0.4 is 16.4 Å². The van der Waals surface area contributed by atoms with Crippen LogP contribution in [-0.2, 0) is 12.8 Å². The lowest BCUT2D eigenvalue weighted by Gasteiger charge is -2.10. The molecule has 1 aromatic heterocycles. The van der Waals surface area contributed by atoms with Crippen molar-refractivity contribution in [3.63, 3.8) is 0 Å². The van der Waals surface area contributed by atoms with E-state index in [0.29, 0.717) is 29.2 Å². The molecule has 0 atom stereocenters. The molecule has 1 aliphatic carbocycles. The molecular formula is C20H26ClN3O2S. The molecule has 1 aromatic carbocycles. The molecule has 4 N–H and O–H groups in total. The summed E-state index contributed by atoms with van der Waals surface area (Å²) in [5, 5.41) is 5.65. The molecule has 1 heterocycles. The zero-order valence-electron chi connectivity index (χ0n) is 15.3. The summed E-state index contributed by atoms with van der Waals surface area (Å²) in [5.74, 6) is -0.384. The number of benzene rings is 1. The van der Waals surface area contributed by atoms with Gasteiger partial charge < -0.3 is 16.4 Å². The van der Waals surface area contributed by atoms with Gasteiger partial charge in [0, 0.05) is 18.0 Å². The Balaban J connectivity index is 0.00000261. The summed E-state index contributed by atoms with van der Waals surface area (Å²) < 4.78 is 0. The number of thiophene rings is 1. The summed E-state index contributed by atoms with van der Waals surface area (Å²) in [6.45, 7) is 0.778. The van der Waals surface area contributed by atoms with Crippen LogP contribution in [0.25, 0.3) is 0 Å². The Hall–Kier alpha value is -1.89. The smallest absolute Gasteiger partial charge is 0.265 e. The third-order valence-electron chi connectivity index (χ3n) is 4.57. The first-order valence-electron chi connectivity index (χ1n) is 9.19. The number of carbonyl (C=O) groups is 2. The van der Waals surface area contributed by atoms with Crippen molar-refractivity contribution in [1.29, 1.82) is 0 Å². The molecule has 0 saturated heterocycles. The van der Waals surface area contributed by atoms with Gasteiger partial charge in [0.25, 0.3) is 11.8 Å². The highest BCUT2D eigenvalue weighted by atomic mass is 35.5. The van der Waals surface area contributed by atoms with Crippen LogP contribution in [0.1, 0.15) is 56.2 Å². The number of nitrogens with two attached hydrogens (primary N) is 1. The highest BCUT2D eigenvalue weighted by Crippen LogP contribution is 2.29. The van der Waals surface area contributed by atoms with Crippen LogP contribution in [0.2, 0.25) is 0 Å². The summed E-state index contributed by atoms with van der Waals surface area (Å²) >= 11 is 1.58. The van der Waals surface area contributed by atoms with E-state index in [1.165, 1.54) is 36.1 Å². The van der Waals surface area contributed by atoms with Crippen molar-refractivity contribution >= 4 is 41.2 Å². The number of nitrogens with one attached hydrogen (secondary N) is 2. The van der Waals surface area contributed by atoms with E-state index in [0.717, 1.165) is 12.8 Å². The number of anilines is 1. The highest BCUT2D eigenvalue weighted by molar-refractivity contribution is 7.14. The van der Waals surface area contributed by atoms with Gasteiger partial charge in [-0.25, -0.2) is 0 Å².